The van der Waals surface area contributed by atoms with E-state index in [0.717, 1.165) is 5.56 Å². The highest BCUT2D eigenvalue weighted by molar-refractivity contribution is 5.79. The maximum absolute atomic E-state index is 12.2. The Labute approximate surface area is 159 Å². The molecule has 2 aromatic rings. The molecule has 1 aliphatic heterocycles. The Morgan fingerprint density at radius 1 is 1.11 bits per heavy atom. The number of carbonyl (C=O) groups is 2. The van der Waals surface area contributed by atoms with Crippen LogP contribution < -0.4 is 14.8 Å². The fraction of sp³-hybridized carbons (Fsp3) is 0.333. The first-order chi connectivity index (χ1) is 13.2. The summed E-state index contributed by atoms with van der Waals surface area (Å²) < 4.78 is 10.7. The number of carbonyl (C=O) groups excluding carboxylic acids is 2. The number of nitrogens with zero attached hydrogens (tertiary/aromatic N) is 1. The molecular weight excluding hydrogens is 344 g/mol. The van der Waals surface area contributed by atoms with E-state index < -0.39 is 0 Å². The van der Waals surface area contributed by atoms with Crippen LogP contribution in [0.3, 0.4) is 0 Å². The molecule has 0 spiro atoms. The fourth-order valence-electron chi connectivity index (χ4n) is 3.14. The van der Waals surface area contributed by atoms with E-state index >= 15 is 0 Å². The molecule has 1 aliphatic rings. The zero-order valence-corrected chi connectivity index (χ0v) is 15.4. The van der Waals surface area contributed by atoms with Gasteiger partial charge in [0.25, 0.3) is 5.91 Å². The molecule has 0 bridgehead atoms. The van der Waals surface area contributed by atoms with Gasteiger partial charge in [0, 0.05) is 32.0 Å². The van der Waals surface area contributed by atoms with Crippen molar-refractivity contribution in [1.82, 2.24) is 10.2 Å². The Balaban J connectivity index is 1.42. The van der Waals surface area contributed by atoms with Crippen molar-refractivity contribution >= 4 is 11.8 Å². The van der Waals surface area contributed by atoms with Crippen LogP contribution in [0.5, 0.6) is 11.5 Å². The number of benzene rings is 2. The van der Waals surface area contributed by atoms with Crippen molar-refractivity contribution < 1.29 is 19.1 Å². The minimum Gasteiger partial charge on any atom is -0.493 e. The summed E-state index contributed by atoms with van der Waals surface area (Å²) in [6.07, 6.45) is 0.459. The van der Waals surface area contributed by atoms with Gasteiger partial charge in [0.2, 0.25) is 5.91 Å². The summed E-state index contributed by atoms with van der Waals surface area (Å²) in [6, 6.07) is 17.1. The fourth-order valence-corrected chi connectivity index (χ4v) is 3.14. The first-order valence-electron chi connectivity index (χ1n) is 9.00. The van der Waals surface area contributed by atoms with Gasteiger partial charge in [-0.25, -0.2) is 0 Å². The quantitative estimate of drug-likeness (QED) is 0.776. The van der Waals surface area contributed by atoms with E-state index in [-0.39, 0.29) is 24.3 Å². The average molecular weight is 368 g/mol. The topological polar surface area (TPSA) is 67.9 Å². The predicted octanol–water partition coefficient (Wildman–Crippen LogP) is 2.24. The van der Waals surface area contributed by atoms with E-state index in [1.807, 2.05) is 47.4 Å². The van der Waals surface area contributed by atoms with Crippen molar-refractivity contribution in [3.63, 3.8) is 0 Å². The maximum Gasteiger partial charge on any atom is 0.257 e. The highest BCUT2D eigenvalue weighted by Gasteiger charge is 2.29. The first kappa shape index (κ1) is 18.8. The lowest BCUT2D eigenvalue weighted by Crippen LogP contribution is -2.34. The van der Waals surface area contributed by atoms with Crippen molar-refractivity contribution in [2.24, 2.45) is 5.92 Å². The molecule has 1 N–H and O–H groups in total. The number of hydrogen-bond acceptors (Lipinski definition) is 4. The SMILES string of the molecule is COc1ccccc1OCC(=O)NCC1CC(=O)N(Cc2ccccc2)C1. The molecule has 1 fully saturated rings. The third-order valence-corrected chi connectivity index (χ3v) is 4.53. The van der Waals surface area contributed by atoms with Crippen LogP contribution >= 0.6 is 0 Å². The summed E-state index contributed by atoms with van der Waals surface area (Å²) in [5, 5.41) is 2.85. The highest BCUT2D eigenvalue weighted by Crippen LogP contribution is 2.25. The predicted molar refractivity (Wildman–Crippen MR) is 101 cm³/mol. The van der Waals surface area contributed by atoms with E-state index in [1.165, 1.54) is 0 Å². The molecular formula is C21H24N2O4. The second kappa shape index (κ2) is 9.07. The lowest BCUT2D eigenvalue weighted by molar-refractivity contribution is -0.128. The molecule has 1 unspecified atom stereocenters. The van der Waals surface area contributed by atoms with Crippen LogP contribution in [0.25, 0.3) is 0 Å². The molecule has 6 nitrogen and oxygen atoms in total. The smallest absolute Gasteiger partial charge is 0.257 e. The number of amides is 2. The van der Waals surface area contributed by atoms with Gasteiger partial charge in [-0.05, 0) is 17.7 Å². The number of rotatable bonds is 8. The molecule has 0 aliphatic carbocycles. The minimum absolute atomic E-state index is 0.0885. The van der Waals surface area contributed by atoms with Crippen molar-refractivity contribution in [2.75, 3.05) is 26.8 Å². The third-order valence-electron chi connectivity index (χ3n) is 4.53. The van der Waals surface area contributed by atoms with Crippen molar-refractivity contribution in [2.45, 2.75) is 13.0 Å². The molecule has 0 saturated carbocycles. The standard InChI is InChI=1S/C21H24N2O4/c1-26-18-9-5-6-10-19(18)27-15-20(24)22-12-17-11-21(25)23(14-17)13-16-7-3-2-4-8-16/h2-10,17H,11-15H2,1H3,(H,22,24). The summed E-state index contributed by atoms with van der Waals surface area (Å²) in [4.78, 5) is 26.1. The number of hydrogen-bond donors (Lipinski definition) is 1. The van der Waals surface area contributed by atoms with Crippen LogP contribution in [-0.2, 0) is 16.1 Å². The molecule has 142 valence electrons. The van der Waals surface area contributed by atoms with E-state index in [9.17, 15) is 9.59 Å². The highest BCUT2D eigenvalue weighted by atomic mass is 16.5. The third kappa shape index (κ3) is 5.23. The second-order valence-electron chi connectivity index (χ2n) is 6.57. The Morgan fingerprint density at radius 3 is 2.56 bits per heavy atom. The molecule has 1 atom stereocenters. The summed E-state index contributed by atoms with van der Waals surface area (Å²) in [6.45, 7) is 1.64. The number of likely N-dealkylation sites (tertiary alicyclic amines) is 1. The number of ether oxygens (including phenoxy) is 2. The zero-order chi connectivity index (χ0) is 19.1. The van der Waals surface area contributed by atoms with E-state index in [1.54, 1.807) is 19.2 Å². The molecule has 1 saturated heterocycles. The maximum atomic E-state index is 12.2. The van der Waals surface area contributed by atoms with Gasteiger partial charge in [0.1, 0.15) is 0 Å². The normalized spacial score (nSPS) is 16.3. The minimum atomic E-state index is -0.213. The molecule has 0 aromatic heterocycles. The van der Waals surface area contributed by atoms with Gasteiger partial charge >= 0.3 is 0 Å². The Hall–Kier alpha value is -3.02. The van der Waals surface area contributed by atoms with Crippen LogP contribution in [0.4, 0.5) is 0 Å². The summed E-state index contributed by atoms with van der Waals surface area (Å²) in [5.41, 5.74) is 1.11. The van der Waals surface area contributed by atoms with E-state index in [4.69, 9.17) is 9.47 Å². The monoisotopic (exact) mass is 368 g/mol. The molecule has 0 radical (unpaired) electrons. The largest absolute Gasteiger partial charge is 0.493 e. The summed E-state index contributed by atoms with van der Waals surface area (Å²) in [7, 11) is 1.56. The van der Waals surface area contributed by atoms with Crippen molar-refractivity contribution in [3.05, 3.63) is 60.2 Å². The Kier molecular flexibility index (Phi) is 6.30. The average Bonchev–Trinajstić information content (AvgIpc) is 3.05. The molecule has 2 amide bonds. The molecule has 1 heterocycles. The van der Waals surface area contributed by atoms with Crippen LogP contribution in [-0.4, -0.2) is 43.5 Å². The van der Waals surface area contributed by atoms with Crippen LogP contribution in [0.15, 0.2) is 54.6 Å². The van der Waals surface area contributed by atoms with Gasteiger partial charge in [-0.2, -0.15) is 0 Å². The molecule has 6 heteroatoms. The molecule has 3 rings (SSSR count). The van der Waals surface area contributed by atoms with Gasteiger partial charge in [-0.3, -0.25) is 9.59 Å². The number of methoxy groups -OCH3 is 1. The first-order valence-corrected chi connectivity index (χ1v) is 9.00. The second-order valence-corrected chi connectivity index (χ2v) is 6.57. The molecule has 27 heavy (non-hydrogen) atoms. The number of nitrogens with one attached hydrogen (secondary N) is 1. The van der Waals surface area contributed by atoms with Crippen LogP contribution in [0, 0.1) is 5.92 Å². The zero-order valence-electron chi connectivity index (χ0n) is 15.4. The Bertz CT molecular complexity index is 779. The summed E-state index contributed by atoms with van der Waals surface area (Å²) >= 11 is 0. The van der Waals surface area contributed by atoms with Crippen molar-refractivity contribution in [1.29, 1.82) is 0 Å². The van der Waals surface area contributed by atoms with Crippen LogP contribution in [0.1, 0.15) is 12.0 Å². The van der Waals surface area contributed by atoms with Gasteiger partial charge < -0.3 is 19.7 Å². The van der Waals surface area contributed by atoms with Gasteiger partial charge in [0.05, 0.1) is 7.11 Å². The van der Waals surface area contributed by atoms with Crippen molar-refractivity contribution in [3.8, 4) is 11.5 Å². The van der Waals surface area contributed by atoms with Crippen LogP contribution in [0.2, 0.25) is 0 Å². The lowest BCUT2D eigenvalue weighted by Gasteiger charge is -2.17. The molecule has 2 aromatic carbocycles. The number of para-hydroxylation sites is 2. The van der Waals surface area contributed by atoms with Gasteiger partial charge in [-0.15, -0.1) is 0 Å². The lowest BCUT2D eigenvalue weighted by atomic mass is 10.1. The van der Waals surface area contributed by atoms with Gasteiger partial charge in [0.15, 0.2) is 18.1 Å². The van der Waals surface area contributed by atoms with E-state index in [0.29, 0.717) is 37.6 Å². The van der Waals surface area contributed by atoms with E-state index in [2.05, 4.69) is 5.32 Å². The van der Waals surface area contributed by atoms with Gasteiger partial charge in [-0.1, -0.05) is 42.5 Å². The summed E-state index contributed by atoms with van der Waals surface area (Å²) in [5.74, 6) is 1.15. The Morgan fingerprint density at radius 2 is 1.81 bits per heavy atom.